The third-order valence-electron chi connectivity index (χ3n) is 3.68. The quantitative estimate of drug-likeness (QED) is 0.872. The fourth-order valence-electron chi connectivity index (χ4n) is 2.74. The number of benzene rings is 1. The van der Waals surface area contributed by atoms with Gasteiger partial charge in [-0.05, 0) is 23.8 Å². The minimum atomic E-state index is 0.639. The van der Waals surface area contributed by atoms with Gasteiger partial charge in [-0.2, -0.15) is 0 Å². The van der Waals surface area contributed by atoms with Crippen LogP contribution in [-0.2, 0) is 0 Å². The van der Waals surface area contributed by atoms with E-state index in [0.717, 1.165) is 19.6 Å². The minimum absolute atomic E-state index is 0.639. The molecule has 0 amide bonds. The van der Waals surface area contributed by atoms with Gasteiger partial charge in [0, 0.05) is 55.3 Å². The Morgan fingerprint density at radius 3 is 2.94 bits per heavy atom. The Morgan fingerprint density at radius 2 is 2.12 bits per heavy atom. The molecule has 0 aliphatic carbocycles. The van der Waals surface area contributed by atoms with E-state index >= 15 is 0 Å². The molecule has 0 saturated carbocycles. The molecular formula is C13H18BrN3. The van der Waals surface area contributed by atoms with Crippen molar-refractivity contribution in [2.75, 3.05) is 44.6 Å². The number of fused-ring (bicyclic) bond motifs is 1. The number of halogens is 1. The van der Waals surface area contributed by atoms with Crippen LogP contribution in [0.15, 0.2) is 22.7 Å². The Bertz CT molecular complexity index is 402. The molecule has 0 radical (unpaired) electrons. The number of hydrogen-bond donors (Lipinski definition) is 2. The number of nitrogens with zero attached hydrogens (tertiary/aromatic N) is 1. The summed E-state index contributed by atoms with van der Waals surface area (Å²) < 4.78 is 1.19. The Labute approximate surface area is 111 Å². The third kappa shape index (κ3) is 2.49. The first kappa shape index (κ1) is 11.5. The van der Waals surface area contributed by atoms with E-state index in [1.165, 1.54) is 35.4 Å². The second-order valence-corrected chi connectivity index (χ2v) is 5.78. The zero-order valence-corrected chi connectivity index (χ0v) is 11.5. The Hall–Kier alpha value is -0.580. The SMILES string of the molecule is Brc1ccc2c(c1)C(CN1CCNCC1)CN2. The summed E-state index contributed by atoms with van der Waals surface area (Å²) in [6.07, 6.45) is 0. The van der Waals surface area contributed by atoms with Gasteiger partial charge in [-0.1, -0.05) is 15.9 Å². The highest BCUT2D eigenvalue weighted by Crippen LogP contribution is 2.34. The number of piperazine rings is 1. The van der Waals surface area contributed by atoms with Gasteiger partial charge in [-0.25, -0.2) is 0 Å². The number of rotatable bonds is 2. The zero-order chi connectivity index (χ0) is 11.7. The lowest BCUT2D eigenvalue weighted by Crippen LogP contribution is -2.45. The lowest BCUT2D eigenvalue weighted by molar-refractivity contribution is 0.230. The van der Waals surface area contributed by atoms with Gasteiger partial charge in [-0.15, -0.1) is 0 Å². The van der Waals surface area contributed by atoms with E-state index in [1.807, 2.05) is 0 Å². The van der Waals surface area contributed by atoms with E-state index in [1.54, 1.807) is 0 Å². The Morgan fingerprint density at radius 1 is 1.29 bits per heavy atom. The van der Waals surface area contributed by atoms with E-state index in [4.69, 9.17) is 0 Å². The maximum absolute atomic E-state index is 3.57. The third-order valence-corrected chi connectivity index (χ3v) is 4.17. The Kier molecular flexibility index (Phi) is 3.36. The Balaban J connectivity index is 1.72. The van der Waals surface area contributed by atoms with Crippen molar-refractivity contribution >= 4 is 21.6 Å². The fraction of sp³-hybridized carbons (Fsp3) is 0.538. The summed E-state index contributed by atoms with van der Waals surface area (Å²) >= 11 is 3.57. The maximum atomic E-state index is 3.57. The molecule has 1 fully saturated rings. The van der Waals surface area contributed by atoms with Crippen LogP contribution in [0.3, 0.4) is 0 Å². The van der Waals surface area contributed by atoms with Gasteiger partial charge in [0.2, 0.25) is 0 Å². The monoisotopic (exact) mass is 295 g/mol. The van der Waals surface area contributed by atoms with Gasteiger partial charge in [0.05, 0.1) is 0 Å². The van der Waals surface area contributed by atoms with Crippen LogP contribution in [0.25, 0.3) is 0 Å². The molecule has 3 nitrogen and oxygen atoms in total. The molecule has 1 aromatic carbocycles. The summed E-state index contributed by atoms with van der Waals surface area (Å²) in [7, 11) is 0. The average Bonchev–Trinajstić information content (AvgIpc) is 2.73. The van der Waals surface area contributed by atoms with Crippen molar-refractivity contribution in [1.29, 1.82) is 0 Å². The molecule has 92 valence electrons. The van der Waals surface area contributed by atoms with Crippen molar-refractivity contribution in [3.63, 3.8) is 0 Å². The molecule has 1 aromatic rings. The predicted octanol–water partition coefficient (Wildman–Crippen LogP) is 1.86. The van der Waals surface area contributed by atoms with Gasteiger partial charge in [0.1, 0.15) is 0 Å². The standard InChI is InChI=1S/C13H18BrN3/c14-11-1-2-13-12(7-11)10(8-16-13)9-17-5-3-15-4-6-17/h1-2,7,10,15-16H,3-6,8-9H2. The van der Waals surface area contributed by atoms with Gasteiger partial charge >= 0.3 is 0 Å². The van der Waals surface area contributed by atoms with E-state index in [9.17, 15) is 0 Å². The number of nitrogens with one attached hydrogen (secondary N) is 2. The molecule has 1 saturated heterocycles. The number of anilines is 1. The molecule has 17 heavy (non-hydrogen) atoms. The smallest absolute Gasteiger partial charge is 0.0377 e. The van der Waals surface area contributed by atoms with Crippen molar-refractivity contribution in [1.82, 2.24) is 10.2 Å². The van der Waals surface area contributed by atoms with Crippen molar-refractivity contribution in [2.45, 2.75) is 5.92 Å². The van der Waals surface area contributed by atoms with Crippen LogP contribution in [0.4, 0.5) is 5.69 Å². The first-order chi connectivity index (χ1) is 8.33. The van der Waals surface area contributed by atoms with Gasteiger partial charge in [0.25, 0.3) is 0 Å². The summed E-state index contributed by atoms with van der Waals surface area (Å²) in [6.45, 7) is 6.88. The number of hydrogen-bond acceptors (Lipinski definition) is 3. The fourth-order valence-corrected chi connectivity index (χ4v) is 3.12. The highest BCUT2D eigenvalue weighted by atomic mass is 79.9. The van der Waals surface area contributed by atoms with Crippen LogP contribution in [0.1, 0.15) is 11.5 Å². The minimum Gasteiger partial charge on any atom is -0.384 e. The second kappa shape index (κ2) is 4.96. The van der Waals surface area contributed by atoms with Crippen molar-refractivity contribution in [2.24, 2.45) is 0 Å². The normalized spacial score (nSPS) is 24.4. The molecule has 1 unspecified atom stereocenters. The van der Waals surface area contributed by atoms with E-state index in [-0.39, 0.29) is 0 Å². The highest BCUT2D eigenvalue weighted by Gasteiger charge is 2.24. The van der Waals surface area contributed by atoms with Gasteiger partial charge in [-0.3, -0.25) is 0 Å². The molecule has 2 aliphatic rings. The van der Waals surface area contributed by atoms with Crippen LogP contribution in [0.2, 0.25) is 0 Å². The molecular weight excluding hydrogens is 278 g/mol. The van der Waals surface area contributed by atoms with Gasteiger partial charge in [0.15, 0.2) is 0 Å². The molecule has 0 aromatic heterocycles. The van der Waals surface area contributed by atoms with Gasteiger partial charge < -0.3 is 15.5 Å². The van der Waals surface area contributed by atoms with Crippen LogP contribution in [-0.4, -0.2) is 44.2 Å². The summed E-state index contributed by atoms with van der Waals surface area (Å²) in [4.78, 5) is 2.57. The lowest BCUT2D eigenvalue weighted by atomic mass is 10.0. The molecule has 0 spiro atoms. The van der Waals surface area contributed by atoms with E-state index in [2.05, 4.69) is 49.7 Å². The van der Waals surface area contributed by atoms with Crippen molar-refractivity contribution < 1.29 is 0 Å². The van der Waals surface area contributed by atoms with Crippen LogP contribution in [0, 0.1) is 0 Å². The average molecular weight is 296 g/mol. The molecule has 0 bridgehead atoms. The summed E-state index contributed by atoms with van der Waals surface area (Å²) in [6, 6.07) is 6.55. The molecule has 2 N–H and O–H groups in total. The zero-order valence-electron chi connectivity index (χ0n) is 9.88. The summed E-state index contributed by atoms with van der Waals surface area (Å²) in [5, 5.41) is 6.91. The van der Waals surface area contributed by atoms with Crippen LogP contribution >= 0.6 is 15.9 Å². The first-order valence-corrected chi connectivity index (χ1v) is 7.08. The van der Waals surface area contributed by atoms with Crippen LogP contribution < -0.4 is 10.6 Å². The van der Waals surface area contributed by atoms with Crippen LogP contribution in [0.5, 0.6) is 0 Å². The van der Waals surface area contributed by atoms with E-state index in [0.29, 0.717) is 5.92 Å². The second-order valence-electron chi connectivity index (χ2n) is 4.86. The molecule has 4 heteroatoms. The maximum Gasteiger partial charge on any atom is 0.0377 e. The first-order valence-electron chi connectivity index (χ1n) is 6.29. The van der Waals surface area contributed by atoms with Crippen molar-refractivity contribution in [3.8, 4) is 0 Å². The highest BCUT2D eigenvalue weighted by molar-refractivity contribution is 9.10. The van der Waals surface area contributed by atoms with Crippen molar-refractivity contribution in [3.05, 3.63) is 28.2 Å². The lowest BCUT2D eigenvalue weighted by Gasteiger charge is -2.29. The molecule has 3 rings (SSSR count). The topological polar surface area (TPSA) is 27.3 Å². The summed E-state index contributed by atoms with van der Waals surface area (Å²) in [5.74, 6) is 0.639. The molecule has 2 aliphatic heterocycles. The van der Waals surface area contributed by atoms with E-state index < -0.39 is 0 Å². The molecule has 2 heterocycles. The molecule has 1 atom stereocenters. The largest absolute Gasteiger partial charge is 0.384 e. The predicted molar refractivity (Wildman–Crippen MR) is 74.7 cm³/mol. The summed E-state index contributed by atoms with van der Waals surface area (Å²) in [5.41, 5.74) is 2.78.